The monoisotopic (exact) mass is 473 g/mol. The Morgan fingerprint density at radius 2 is 1.52 bits per heavy atom. The molecule has 2 aliphatic heterocycles. The Morgan fingerprint density at radius 3 is 2.12 bits per heavy atom. The van der Waals surface area contributed by atoms with Crippen molar-refractivity contribution < 1.29 is 54.4 Å². The molecule has 0 aromatic heterocycles. The molecule has 12 heteroatoms. The second-order valence-corrected chi connectivity index (χ2v) is 8.04. The van der Waals surface area contributed by atoms with Crippen LogP contribution in [0.2, 0.25) is 0 Å². The Morgan fingerprint density at radius 1 is 0.909 bits per heavy atom. The van der Waals surface area contributed by atoms with E-state index in [4.69, 9.17) is 18.9 Å². The van der Waals surface area contributed by atoms with Crippen molar-refractivity contribution in [2.45, 2.75) is 74.9 Å². The smallest absolute Gasteiger partial charge is 0.217 e. The predicted octanol–water partition coefficient (Wildman–Crippen LogP) is -3.03. The van der Waals surface area contributed by atoms with Gasteiger partial charge >= 0.3 is 0 Å². The number of carbonyl (C=O) groups is 1. The van der Waals surface area contributed by atoms with Gasteiger partial charge in [0.25, 0.3) is 0 Å². The van der Waals surface area contributed by atoms with Crippen LogP contribution in [0.1, 0.15) is 12.5 Å². The van der Waals surface area contributed by atoms with Gasteiger partial charge in [-0.1, -0.05) is 30.3 Å². The van der Waals surface area contributed by atoms with Gasteiger partial charge in [-0.05, 0) is 5.56 Å². The van der Waals surface area contributed by atoms with Crippen LogP contribution in [0.4, 0.5) is 0 Å². The molecular formula is C21H31NO11. The molecule has 2 saturated heterocycles. The lowest BCUT2D eigenvalue weighted by molar-refractivity contribution is -0.345. The van der Waals surface area contributed by atoms with Crippen LogP contribution in [-0.2, 0) is 30.3 Å². The predicted molar refractivity (Wildman–Crippen MR) is 109 cm³/mol. The Labute approximate surface area is 190 Å². The largest absolute Gasteiger partial charge is 0.394 e. The third kappa shape index (κ3) is 6.05. The highest BCUT2D eigenvalue weighted by Crippen LogP contribution is 2.30. The first-order chi connectivity index (χ1) is 15.8. The number of rotatable bonds is 8. The summed E-state index contributed by atoms with van der Waals surface area (Å²) in [6.07, 6.45) is -13.0. The lowest BCUT2D eigenvalue weighted by Crippen LogP contribution is -2.68. The zero-order chi connectivity index (χ0) is 24.1. The molecule has 7 N–H and O–H groups in total. The first-order valence-corrected chi connectivity index (χ1v) is 10.6. The molecule has 0 bridgehead atoms. The van der Waals surface area contributed by atoms with Crippen molar-refractivity contribution in [3.63, 3.8) is 0 Å². The van der Waals surface area contributed by atoms with Crippen LogP contribution in [0.5, 0.6) is 0 Å². The summed E-state index contributed by atoms with van der Waals surface area (Å²) in [6, 6.07) is 8.00. The number of aliphatic hydroxyl groups is 6. The van der Waals surface area contributed by atoms with Crippen LogP contribution in [0.3, 0.4) is 0 Å². The molecule has 186 valence electrons. The SMILES string of the molecule is CC(=O)N[C@@H]1[C@@H](OCc2ccccc2)O[C@H](CO)[C@H](O)[C@H]1O[C@H]1O[C@@H](CO)[C@H](O)[C@@H](O)[C@@H]1O. The second-order valence-electron chi connectivity index (χ2n) is 8.04. The van der Waals surface area contributed by atoms with Crippen LogP contribution in [-0.4, -0.2) is 111 Å². The van der Waals surface area contributed by atoms with E-state index in [1.165, 1.54) is 6.92 Å². The zero-order valence-corrected chi connectivity index (χ0v) is 18.0. The summed E-state index contributed by atoms with van der Waals surface area (Å²) < 4.78 is 22.6. The van der Waals surface area contributed by atoms with Gasteiger partial charge in [-0.3, -0.25) is 4.79 Å². The van der Waals surface area contributed by atoms with Crippen molar-refractivity contribution in [3.8, 4) is 0 Å². The minimum Gasteiger partial charge on any atom is -0.394 e. The van der Waals surface area contributed by atoms with Crippen LogP contribution in [0.25, 0.3) is 0 Å². The number of amides is 1. The molecule has 12 nitrogen and oxygen atoms in total. The Bertz CT molecular complexity index is 751. The lowest BCUT2D eigenvalue weighted by Gasteiger charge is -2.47. The van der Waals surface area contributed by atoms with E-state index in [0.29, 0.717) is 0 Å². The molecule has 3 rings (SSSR count). The molecule has 0 radical (unpaired) electrons. The van der Waals surface area contributed by atoms with Crippen molar-refractivity contribution in [2.75, 3.05) is 13.2 Å². The lowest BCUT2D eigenvalue weighted by atomic mass is 9.95. The Hall–Kier alpha value is -1.71. The molecule has 0 spiro atoms. The molecule has 2 aliphatic rings. The van der Waals surface area contributed by atoms with Crippen molar-refractivity contribution in [3.05, 3.63) is 35.9 Å². The Kier molecular flexibility index (Phi) is 9.12. The van der Waals surface area contributed by atoms with Crippen molar-refractivity contribution >= 4 is 5.91 Å². The third-order valence-electron chi connectivity index (χ3n) is 5.62. The number of benzene rings is 1. The molecule has 0 unspecified atom stereocenters. The van der Waals surface area contributed by atoms with Gasteiger partial charge in [-0.15, -0.1) is 0 Å². The average molecular weight is 473 g/mol. The zero-order valence-electron chi connectivity index (χ0n) is 18.0. The summed E-state index contributed by atoms with van der Waals surface area (Å²) in [7, 11) is 0. The molecular weight excluding hydrogens is 442 g/mol. The number of carbonyl (C=O) groups excluding carboxylic acids is 1. The van der Waals surface area contributed by atoms with Crippen molar-refractivity contribution in [2.24, 2.45) is 0 Å². The maximum absolute atomic E-state index is 11.9. The summed E-state index contributed by atoms with van der Waals surface area (Å²) >= 11 is 0. The van der Waals surface area contributed by atoms with Gasteiger partial charge in [0.05, 0.1) is 19.8 Å². The van der Waals surface area contributed by atoms with E-state index in [9.17, 15) is 35.4 Å². The standard InChI is InChI=1S/C21H31NO11/c1-10(25)22-14-19(33-21-18(29)17(28)15(26)12(7-23)32-21)16(27)13(8-24)31-20(14)30-9-11-5-3-2-4-6-11/h2-6,12-21,23-24,26-29H,7-9H2,1H3,(H,22,25)/t12-,13+,14-,15-,16-,17+,18-,19-,20-,21+/m0/s1. The Balaban J connectivity index is 1.82. The van der Waals surface area contributed by atoms with Gasteiger partial charge in [0.2, 0.25) is 5.91 Å². The summed E-state index contributed by atoms with van der Waals surface area (Å²) in [5, 5.41) is 62.8. The van der Waals surface area contributed by atoms with E-state index >= 15 is 0 Å². The minimum atomic E-state index is -1.73. The normalized spacial score (nSPS) is 39.2. The molecule has 2 fully saturated rings. The molecule has 1 aromatic rings. The summed E-state index contributed by atoms with van der Waals surface area (Å²) in [5.74, 6) is -0.492. The average Bonchev–Trinajstić information content (AvgIpc) is 2.81. The van der Waals surface area contributed by atoms with Crippen LogP contribution >= 0.6 is 0 Å². The van der Waals surface area contributed by atoms with Gasteiger partial charge in [0.15, 0.2) is 12.6 Å². The maximum atomic E-state index is 11.9. The number of ether oxygens (including phenoxy) is 4. The third-order valence-corrected chi connectivity index (χ3v) is 5.62. The van der Waals surface area contributed by atoms with Crippen molar-refractivity contribution in [1.29, 1.82) is 0 Å². The number of hydrogen-bond donors (Lipinski definition) is 7. The van der Waals surface area contributed by atoms with Gasteiger partial charge in [0.1, 0.15) is 48.8 Å². The van der Waals surface area contributed by atoms with E-state index in [0.717, 1.165) is 5.56 Å². The number of hydrogen-bond acceptors (Lipinski definition) is 11. The van der Waals surface area contributed by atoms with E-state index in [2.05, 4.69) is 5.32 Å². The van der Waals surface area contributed by atoms with Gasteiger partial charge < -0.3 is 54.9 Å². The molecule has 0 aliphatic carbocycles. The first kappa shape index (κ1) is 25.9. The minimum absolute atomic E-state index is 0.0859. The molecule has 2 heterocycles. The fourth-order valence-electron chi connectivity index (χ4n) is 3.85. The highest BCUT2D eigenvalue weighted by molar-refractivity contribution is 5.73. The molecule has 0 saturated carbocycles. The molecule has 1 aromatic carbocycles. The van der Waals surface area contributed by atoms with Gasteiger partial charge in [-0.25, -0.2) is 0 Å². The molecule has 1 amide bonds. The van der Waals surface area contributed by atoms with E-state index in [-0.39, 0.29) is 6.61 Å². The van der Waals surface area contributed by atoms with Gasteiger partial charge in [0, 0.05) is 6.92 Å². The number of aliphatic hydroxyl groups excluding tert-OH is 6. The number of nitrogens with one attached hydrogen (secondary N) is 1. The summed E-state index contributed by atoms with van der Waals surface area (Å²) in [5.41, 5.74) is 0.806. The highest BCUT2D eigenvalue weighted by Gasteiger charge is 2.51. The topological polar surface area (TPSA) is 187 Å². The van der Waals surface area contributed by atoms with Gasteiger partial charge in [-0.2, -0.15) is 0 Å². The van der Waals surface area contributed by atoms with E-state index < -0.39 is 80.5 Å². The quantitative estimate of drug-likeness (QED) is 0.203. The summed E-state index contributed by atoms with van der Waals surface area (Å²) in [4.78, 5) is 11.9. The van der Waals surface area contributed by atoms with E-state index in [1.54, 1.807) is 0 Å². The fraction of sp³-hybridized carbons (Fsp3) is 0.667. The van der Waals surface area contributed by atoms with E-state index in [1.807, 2.05) is 30.3 Å². The van der Waals surface area contributed by atoms with Crippen LogP contribution in [0, 0.1) is 0 Å². The molecule has 10 atom stereocenters. The summed E-state index contributed by atoms with van der Waals surface area (Å²) in [6.45, 7) is 0.0539. The van der Waals surface area contributed by atoms with Crippen LogP contribution < -0.4 is 5.32 Å². The first-order valence-electron chi connectivity index (χ1n) is 10.6. The van der Waals surface area contributed by atoms with Crippen molar-refractivity contribution in [1.82, 2.24) is 5.32 Å². The second kappa shape index (κ2) is 11.6. The molecule has 33 heavy (non-hydrogen) atoms. The van der Waals surface area contributed by atoms with Crippen LogP contribution in [0.15, 0.2) is 30.3 Å². The highest BCUT2D eigenvalue weighted by atomic mass is 16.7. The fourth-order valence-corrected chi connectivity index (χ4v) is 3.85. The maximum Gasteiger partial charge on any atom is 0.217 e.